The molecule has 2 heteroatoms. The van der Waals surface area contributed by atoms with Gasteiger partial charge in [-0.25, -0.2) is 0 Å². The van der Waals surface area contributed by atoms with Crippen molar-refractivity contribution in [2.75, 3.05) is 0 Å². The Morgan fingerprint density at radius 1 is 1.50 bits per heavy atom. The third-order valence-corrected chi connectivity index (χ3v) is 2.45. The summed E-state index contributed by atoms with van der Waals surface area (Å²) in [5.74, 6) is 0.273. The molecule has 0 unspecified atom stereocenters. The van der Waals surface area contributed by atoms with Crippen LogP contribution >= 0.6 is 0 Å². The molecule has 0 amide bonds. The molecule has 0 aliphatic carbocycles. The van der Waals surface area contributed by atoms with Gasteiger partial charge in [-0.2, -0.15) is 0 Å². The van der Waals surface area contributed by atoms with Crippen molar-refractivity contribution in [3.8, 4) is 0 Å². The van der Waals surface area contributed by atoms with Crippen LogP contribution in [0.15, 0.2) is 12.2 Å². The van der Waals surface area contributed by atoms with E-state index in [9.17, 15) is 5.11 Å². The van der Waals surface area contributed by atoms with Gasteiger partial charge in [0.25, 0.3) is 0 Å². The number of aliphatic hydroxyl groups is 1. The molecule has 2 bridgehead atoms. The van der Waals surface area contributed by atoms with Crippen LogP contribution in [0, 0.1) is 5.92 Å². The minimum absolute atomic E-state index is 0.168. The smallest absolute Gasteiger partial charge is 0.0815 e. The second-order valence-corrected chi connectivity index (χ2v) is 3.19. The summed E-state index contributed by atoms with van der Waals surface area (Å²) in [7, 11) is 0. The number of fused-ring (bicyclic) bond motifs is 2. The van der Waals surface area contributed by atoms with Crippen LogP contribution in [0.4, 0.5) is 0 Å². The molecule has 1 N–H and O–H groups in total. The van der Waals surface area contributed by atoms with Crippen molar-refractivity contribution in [3.05, 3.63) is 12.2 Å². The summed E-state index contributed by atoms with van der Waals surface area (Å²) in [4.78, 5) is 0. The summed E-state index contributed by atoms with van der Waals surface area (Å²) in [6, 6.07) is 0. The molecule has 56 valence electrons. The van der Waals surface area contributed by atoms with Crippen molar-refractivity contribution in [3.63, 3.8) is 0 Å². The van der Waals surface area contributed by atoms with Crippen LogP contribution in [0.3, 0.4) is 0 Å². The number of rotatable bonds is 0. The van der Waals surface area contributed by atoms with Gasteiger partial charge < -0.3 is 9.84 Å². The van der Waals surface area contributed by atoms with E-state index in [0.717, 1.165) is 6.42 Å². The van der Waals surface area contributed by atoms with Crippen molar-refractivity contribution in [1.82, 2.24) is 0 Å². The zero-order valence-corrected chi connectivity index (χ0v) is 6.03. The van der Waals surface area contributed by atoms with Crippen molar-refractivity contribution in [2.24, 2.45) is 5.92 Å². The Hall–Kier alpha value is -0.340. The van der Waals surface area contributed by atoms with Gasteiger partial charge in [0.1, 0.15) is 0 Å². The van der Waals surface area contributed by atoms with E-state index in [1.165, 1.54) is 0 Å². The summed E-state index contributed by atoms with van der Waals surface area (Å²) in [5, 5.41) is 9.44. The van der Waals surface area contributed by atoms with Crippen LogP contribution in [0.25, 0.3) is 0 Å². The van der Waals surface area contributed by atoms with Crippen LogP contribution in [-0.4, -0.2) is 23.4 Å². The molecule has 0 aromatic carbocycles. The molecule has 1 fully saturated rings. The van der Waals surface area contributed by atoms with Crippen LogP contribution in [-0.2, 0) is 4.74 Å². The first kappa shape index (κ1) is 6.38. The lowest BCUT2D eigenvalue weighted by molar-refractivity contribution is -0.0798. The molecule has 1 saturated heterocycles. The molecule has 2 nitrogen and oxygen atoms in total. The lowest BCUT2D eigenvalue weighted by Crippen LogP contribution is -2.37. The first-order valence-electron chi connectivity index (χ1n) is 3.79. The SMILES string of the molecule is C[C@H]1[C@@H](O)C[C@@H]2C=C[C@H]1O2. The van der Waals surface area contributed by atoms with E-state index in [2.05, 4.69) is 12.2 Å². The zero-order chi connectivity index (χ0) is 7.14. The number of ether oxygens (including phenoxy) is 1. The van der Waals surface area contributed by atoms with E-state index >= 15 is 0 Å². The molecule has 4 atom stereocenters. The number of aliphatic hydroxyl groups excluding tert-OH is 1. The minimum Gasteiger partial charge on any atom is -0.393 e. The Morgan fingerprint density at radius 3 is 3.10 bits per heavy atom. The fourth-order valence-corrected chi connectivity index (χ4v) is 1.63. The van der Waals surface area contributed by atoms with Gasteiger partial charge in [-0.15, -0.1) is 0 Å². The highest BCUT2D eigenvalue weighted by Gasteiger charge is 2.35. The van der Waals surface area contributed by atoms with Gasteiger partial charge >= 0.3 is 0 Å². The van der Waals surface area contributed by atoms with Gasteiger partial charge in [-0.05, 0) is 0 Å². The third-order valence-electron chi connectivity index (χ3n) is 2.45. The summed E-state index contributed by atoms with van der Waals surface area (Å²) in [6.45, 7) is 2.03. The molecular formula is C8H12O2. The fourth-order valence-electron chi connectivity index (χ4n) is 1.63. The summed E-state index contributed by atoms with van der Waals surface area (Å²) in [5.41, 5.74) is 0. The molecule has 0 radical (unpaired) electrons. The molecule has 2 rings (SSSR count). The Balaban J connectivity index is 2.16. The largest absolute Gasteiger partial charge is 0.393 e. The minimum atomic E-state index is -0.168. The normalized spacial score (nSPS) is 51.8. The van der Waals surface area contributed by atoms with Gasteiger partial charge in [-0.3, -0.25) is 0 Å². The molecule has 0 aromatic rings. The highest BCUT2D eigenvalue weighted by molar-refractivity contribution is 5.09. The van der Waals surface area contributed by atoms with E-state index in [0.29, 0.717) is 0 Å². The lowest BCUT2D eigenvalue weighted by Gasteiger charge is -2.31. The Labute approximate surface area is 60.5 Å². The molecule has 0 aromatic heterocycles. The fraction of sp³-hybridized carbons (Fsp3) is 0.750. The third kappa shape index (κ3) is 0.796. The number of hydrogen-bond donors (Lipinski definition) is 1. The lowest BCUT2D eigenvalue weighted by atomic mass is 9.94. The van der Waals surface area contributed by atoms with Crippen molar-refractivity contribution in [2.45, 2.75) is 31.7 Å². The Kier molecular flexibility index (Phi) is 1.32. The number of hydrogen-bond acceptors (Lipinski definition) is 2. The van der Waals surface area contributed by atoms with Crippen molar-refractivity contribution >= 4 is 0 Å². The standard InChI is InChI=1S/C8H12O2/c1-5-7(9)4-6-2-3-8(5)10-6/h2-3,5-9H,4H2,1H3/t5-,6-,7-,8+/m0/s1. The van der Waals surface area contributed by atoms with E-state index in [-0.39, 0.29) is 24.2 Å². The zero-order valence-electron chi connectivity index (χ0n) is 6.03. The Morgan fingerprint density at radius 2 is 2.30 bits per heavy atom. The second kappa shape index (κ2) is 2.07. The van der Waals surface area contributed by atoms with Gasteiger partial charge in [0, 0.05) is 12.3 Å². The van der Waals surface area contributed by atoms with E-state index in [4.69, 9.17) is 4.74 Å². The van der Waals surface area contributed by atoms with E-state index in [1.807, 2.05) is 6.92 Å². The van der Waals surface area contributed by atoms with Crippen LogP contribution < -0.4 is 0 Å². The maximum absolute atomic E-state index is 9.44. The molecule has 2 aliphatic rings. The van der Waals surface area contributed by atoms with Gasteiger partial charge in [0.05, 0.1) is 18.3 Å². The van der Waals surface area contributed by atoms with Gasteiger partial charge in [-0.1, -0.05) is 19.1 Å². The summed E-state index contributed by atoms with van der Waals surface area (Å²) < 4.78 is 5.51. The second-order valence-electron chi connectivity index (χ2n) is 3.19. The van der Waals surface area contributed by atoms with Crippen LogP contribution in [0.1, 0.15) is 13.3 Å². The molecule has 10 heavy (non-hydrogen) atoms. The maximum Gasteiger partial charge on any atom is 0.0815 e. The van der Waals surface area contributed by atoms with Crippen molar-refractivity contribution < 1.29 is 9.84 Å². The maximum atomic E-state index is 9.44. The van der Waals surface area contributed by atoms with Crippen LogP contribution in [0.2, 0.25) is 0 Å². The molecule has 2 aliphatic heterocycles. The molecule has 2 heterocycles. The van der Waals surface area contributed by atoms with Gasteiger partial charge in [0.15, 0.2) is 0 Å². The average Bonchev–Trinajstić information content (AvgIpc) is 2.29. The Bertz CT molecular complexity index is 165. The predicted molar refractivity (Wildman–Crippen MR) is 37.6 cm³/mol. The first-order chi connectivity index (χ1) is 4.77. The first-order valence-corrected chi connectivity index (χ1v) is 3.79. The van der Waals surface area contributed by atoms with Crippen molar-refractivity contribution in [1.29, 1.82) is 0 Å². The van der Waals surface area contributed by atoms with Crippen LogP contribution in [0.5, 0.6) is 0 Å². The summed E-state index contributed by atoms with van der Waals surface area (Å²) >= 11 is 0. The average molecular weight is 140 g/mol. The van der Waals surface area contributed by atoms with E-state index < -0.39 is 0 Å². The summed E-state index contributed by atoms with van der Waals surface area (Å²) in [6.07, 6.45) is 5.08. The molecule has 0 spiro atoms. The van der Waals surface area contributed by atoms with Gasteiger partial charge in [0.2, 0.25) is 0 Å². The molecule has 0 saturated carbocycles. The van der Waals surface area contributed by atoms with E-state index in [1.54, 1.807) is 0 Å². The quantitative estimate of drug-likeness (QED) is 0.502. The topological polar surface area (TPSA) is 29.5 Å². The molecular weight excluding hydrogens is 128 g/mol. The predicted octanol–water partition coefficient (Wildman–Crippen LogP) is 0.711. The highest BCUT2D eigenvalue weighted by atomic mass is 16.5. The monoisotopic (exact) mass is 140 g/mol. The highest BCUT2D eigenvalue weighted by Crippen LogP contribution is 2.31.